The fourth-order valence-electron chi connectivity index (χ4n) is 7.21. The van der Waals surface area contributed by atoms with E-state index in [1.54, 1.807) is 0 Å². The van der Waals surface area contributed by atoms with Gasteiger partial charge in [-0.3, -0.25) is 0 Å². The van der Waals surface area contributed by atoms with Gasteiger partial charge in [0.15, 0.2) is 0 Å². The Bertz CT molecular complexity index is 1970. The lowest BCUT2D eigenvalue weighted by atomic mass is 9.89. The minimum Gasteiger partial charge on any atom is -0.0616 e. The van der Waals surface area contributed by atoms with Gasteiger partial charge in [0.25, 0.3) is 0 Å². The molecule has 7 aromatic carbocycles. The maximum atomic E-state index is 2.39. The van der Waals surface area contributed by atoms with Gasteiger partial charge in [-0.1, -0.05) is 121 Å². The Morgan fingerprint density at radius 3 is 1.10 bits per heavy atom. The van der Waals surface area contributed by atoms with Crippen LogP contribution in [0.15, 0.2) is 127 Å². The summed E-state index contributed by atoms with van der Waals surface area (Å²) in [5.41, 5.74) is 17.2. The average Bonchev–Trinajstić information content (AvgIpc) is 3.49. The first-order chi connectivity index (χ1) is 19.3. The molecule has 0 atom stereocenters. The van der Waals surface area contributed by atoms with Crippen molar-refractivity contribution in [2.45, 2.75) is 6.92 Å². The molecule has 2 aliphatic carbocycles. The van der Waals surface area contributed by atoms with E-state index < -0.39 is 0 Å². The fourth-order valence-corrected chi connectivity index (χ4v) is 7.21. The van der Waals surface area contributed by atoms with Crippen LogP contribution in [0.3, 0.4) is 0 Å². The molecule has 0 aliphatic heterocycles. The van der Waals surface area contributed by atoms with Crippen molar-refractivity contribution in [1.29, 1.82) is 0 Å². The highest BCUT2D eigenvalue weighted by molar-refractivity contribution is 6.20. The monoisotopic (exact) mass is 492 g/mol. The molecule has 0 fully saturated rings. The molecule has 0 aromatic heterocycles. The lowest BCUT2D eigenvalue weighted by Crippen LogP contribution is -1.88. The van der Waals surface area contributed by atoms with Crippen LogP contribution in [0.25, 0.3) is 88.3 Å². The van der Waals surface area contributed by atoms with Crippen LogP contribution in [0.5, 0.6) is 0 Å². The van der Waals surface area contributed by atoms with Crippen LogP contribution in [-0.2, 0) is 0 Å². The normalized spacial score (nSPS) is 12.2. The molecule has 0 amide bonds. The van der Waals surface area contributed by atoms with E-state index in [0.717, 1.165) is 0 Å². The van der Waals surface area contributed by atoms with Crippen LogP contribution in [-0.4, -0.2) is 0 Å². The SMILES string of the molecule is Cc1cc(-c2ccc3c4c(cccc24)-c2ccccc2-3)cc(-c2ccc3c4c(cccc24)-c2ccccc2-3)c1. The van der Waals surface area contributed by atoms with Gasteiger partial charge in [-0.05, 0) is 107 Å². The van der Waals surface area contributed by atoms with E-state index in [9.17, 15) is 0 Å². The molecule has 9 rings (SSSR count). The van der Waals surface area contributed by atoms with E-state index in [-0.39, 0.29) is 0 Å². The molecule has 0 spiro atoms. The second-order valence-electron chi connectivity index (χ2n) is 11.0. The zero-order valence-corrected chi connectivity index (χ0v) is 21.6. The van der Waals surface area contributed by atoms with Crippen molar-refractivity contribution in [3.63, 3.8) is 0 Å². The smallest absolute Gasteiger partial charge is 0.00201 e. The molecule has 180 valence electrons. The third kappa shape index (κ3) is 2.78. The highest BCUT2D eigenvalue weighted by Gasteiger charge is 2.24. The fraction of sp³-hybridized carbons (Fsp3) is 0.0256. The quantitative estimate of drug-likeness (QED) is 0.225. The van der Waals surface area contributed by atoms with Crippen LogP contribution in [0.2, 0.25) is 0 Å². The van der Waals surface area contributed by atoms with Crippen LogP contribution >= 0.6 is 0 Å². The Kier molecular flexibility index (Phi) is 4.08. The van der Waals surface area contributed by atoms with E-state index in [1.165, 1.54) is 93.9 Å². The molecule has 0 bridgehead atoms. The molecule has 0 unspecified atom stereocenters. The first-order valence-electron chi connectivity index (χ1n) is 13.7. The zero-order valence-electron chi connectivity index (χ0n) is 21.6. The Hall–Kier alpha value is -4.94. The first kappa shape index (κ1) is 21.0. The minimum atomic E-state index is 1.27. The lowest BCUT2D eigenvalue weighted by Gasteiger charge is -2.14. The summed E-state index contributed by atoms with van der Waals surface area (Å²) in [5, 5.41) is 5.41. The van der Waals surface area contributed by atoms with E-state index >= 15 is 0 Å². The first-order valence-corrected chi connectivity index (χ1v) is 13.7. The van der Waals surface area contributed by atoms with Gasteiger partial charge in [0.1, 0.15) is 0 Å². The molecule has 0 radical (unpaired) electrons. The molecular weight excluding hydrogens is 468 g/mol. The largest absolute Gasteiger partial charge is 0.0616 e. The maximum absolute atomic E-state index is 2.39. The second-order valence-corrected chi connectivity index (χ2v) is 11.0. The average molecular weight is 493 g/mol. The summed E-state index contributed by atoms with van der Waals surface area (Å²) < 4.78 is 0. The number of hydrogen-bond acceptors (Lipinski definition) is 0. The summed E-state index contributed by atoms with van der Waals surface area (Å²) in [4.78, 5) is 0. The van der Waals surface area contributed by atoms with Crippen molar-refractivity contribution in [1.82, 2.24) is 0 Å². The number of rotatable bonds is 2. The van der Waals surface area contributed by atoms with Crippen molar-refractivity contribution in [3.8, 4) is 66.8 Å². The van der Waals surface area contributed by atoms with E-state index in [0.29, 0.717) is 0 Å². The van der Waals surface area contributed by atoms with Crippen molar-refractivity contribution >= 4 is 21.5 Å². The highest BCUT2D eigenvalue weighted by atomic mass is 14.3. The van der Waals surface area contributed by atoms with Gasteiger partial charge in [0.05, 0.1) is 0 Å². The molecule has 39 heavy (non-hydrogen) atoms. The Morgan fingerprint density at radius 1 is 0.308 bits per heavy atom. The molecule has 0 heteroatoms. The van der Waals surface area contributed by atoms with Crippen molar-refractivity contribution < 1.29 is 0 Å². The van der Waals surface area contributed by atoms with Crippen LogP contribution < -0.4 is 0 Å². The maximum Gasteiger partial charge on any atom is -0.00201 e. The van der Waals surface area contributed by atoms with E-state index in [1.807, 2.05) is 0 Å². The molecule has 2 aliphatic rings. The summed E-state index contributed by atoms with van der Waals surface area (Å²) in [6.07, 6.45) is 0. The molecule has 7 aromatic rings. The number of fused-ring (bicyclic) bond motifs is 6. The van der Waals surface area contributed by atoms with Gasteiger partial charge >= 0.3 is 0 Å². The second kappa shape index (κ2) is 7.56. The van der Waals surface area contributed by atoms with Crippen molar-refractivity contribution in [2.24, 2.45) is 0 Å². The van der Waals surface area contributed by atoms with Gasteiger partial charge in [-0.2, -0.15) is 0 Å². The predicted octanol–water partition coefficient (Wildman–Crippen LogP) is 10.9. The number of benzene rings is 7. The predicted molar refractivity (Wildman–Crippen MR) is 166 cm³/mol. The zero-order chi connectivity index (χ0) is 25.7. The van der Waals surface area contributed by atoms with Gasteiger partial charge in [-0.25, -0.2) is 0 Å². The molecular formula is C39H24. The molecule has 0 N–H and O–H groups in total. The standard InChI is InChI=1S/C39H24/c1-23-20-24(26-16-18-36-30-10-4-2-8-28(30)34-14-6-12-32(26)38(34)36)22-25(21-23)27-17-19-37-31-11-5-3-9-29(31)35-15-7-13-33(27)39(35)37/h2-22H,1H3. The van der Waals surface area contributed by atoms with Crippen LogP contribution in [0, 0.1) is 6.92 Å². The summed E-state index contributed by atoms with van der Waals surface area (Å²) in [6.45, 7) is 2.22. The van der Waals surface area contributed by atoms with E-state index in [2.05, 4.69) is 134 Å². The summed E-state index contributed by atoms with van der Waals surface area (Å²) in [6, 6.07) is 47.5. The third-order valence-corrected chi connectivity index (χ3v) is 8.80. The van der Waals surface area contributed by atoms with Crippen molar-refractivity contribution in [2.75, 3.05) is 0 Å². The molecule has 0 heterocycles. The summed E-state index contributed by atoms with van der Waals surface area (Å²) in [5.74, 6) is 0. The van der Waals surface area contributed by atoms with Gasteiger partial charge < -0.3 is 0 Å². The van der Waals surface area contributed by atoms with Gasteiger partial charge in [-0.15, -0.1) is 0 Å². The highest BCUT2D eigenvalue weighted by Crippen LogP contribution is 2.51. The topological polar surface area (TPSA) is 0 Å². The Balaban J connectivity index is 1.27. The molecule has 0 saturated heterocycles. The summed E-state index contributed by atoms with van der Waals surface area (Å²) in [7, 11) is 0. The van der Waals surface area contributed by atoms with Crippen molar-refractivity contribution in [3.05, 3.63) is 133 Å². The van der Waals surface area contributed by atoms with Gasteiger partial charge in [0.2, 0.25) is 0 Å². The number of aryl methyl sites for hydroxylation is 1. The Labute approximate surface area is 227 Å². The summed E-state index contributed by atoms with van der Waals surface area (Å²) >= 11 is 0. The van der Waals surface area contributed by atoms with E-state index in [4.69, 9.17) is 0 Å². The van der Waals surface area contributed by atoms with Crippen LogP contribution in [0.4, 0.5) is 0 Å². The third-order valence-electron chi connectivity index (χ3n) is 8.80. The lowest BCUT2D eigenvalue weighted by molar-refractivity contribution is 1.47. The van der Waals surface area contributed by atoms with Gasteiger partial charge in [0, 0.05) is 0 Å². The number of hydrogen-bond donors (Lipinski definition) is 0. The van der Waals surface area contributed by atoms with Crippen LogP contribution in [0.1, 0.15) is 5.56 Å². The minimum absolute atomic E-state index is 1.27. The molecule has 0 saturated carbocycles. The molecule has 0 nitrogen and oxygen atoms in total. The Morgan fingerprint density at radius 2 is 0.667 bits per heavy atom.